The monoisotopic (exact) mass is 283 g/mol. The fraction of sp³-hybridized carbons (Fsp3) is 0.412. The number of para-hydroxylation sites is 2. The molecule has 0 aromatic heterocycles. The topological polar surface area (TPSA) is 46.6 Å². The third-order valence-electron chi connectivity index (χ3n) is 5.09. The summed E-state index contributed by atoms with van der Waals surface area (Å²) in [5, 5.41) is 0. The Labute approximate surface area is 123 Å². The second-order valence-corrected chi connectivity index (χ2v) is 6.03. The number of allylic oxidation sites excluding steroid dienone is 2. The van der Waals surface area contributed by atoms with Crippen LogP contribution in [0.3, 0.4) is 0 Å². The Morgan fingerprint density at radius 1 is 1.00 bits per heavy atom. The predicted octanol–water partition coefficient (Wildman–Crippen LogP) is 2.40. The van der Waals surface area contributed by atoms with Crippen molar-refractivity contribution in [3.8, 4) is 5.75 Å². The van der Waals surface area contributed by atoms with Crippen LogP contribution in [-0.2, 0) is 9.59 Å². The van der Waals surface area contributed by atoms with E-state index in [0.29, 0.717) is 11.4 Å². The molecule has 5 rings (SSSR count). The fourth-order valence-corrected chi connectivity index (χ4v) is 4.13. The molecule has 4 aliphatic rings. The van der Waals surface area contributed by atoms with Gasteiger partial charge in [-0.1, -0.05) is 24.3 Å². The molecule has 1 aromatic rings. The number of fused-ring (bicyclic) bond motifs is 1. The summed E-state index contributed by atoms with van der Waals surface area (Å²) in [5.41, 5.74) is 0.573. The molecule has 4 nitrogen and oxygen atoms in total. The number of imide groups is 1. The SMILES string of the molecule is COc1ccccc1N1C(=O)[C@@H]2[C@@H](C1=O)[C@H]1C=C[C@@H]2CC1. The van der Waals surface area contributed by atoms with Gasteiger partial charge in [0.05, 0.1) is 24.6 Å². The molecule has 2 amide bonds. The van der Waals surface area contributed by atoms with E-state index in [-0.39, 0.29) is 35.5 Å². The molecule has 21 heavy (non-hydrogen) atoms. The number of methoxy groups -OCH3 is 1. The molecule has 0 radical (unpaired) electrons. The number of amides is 2. The third-order valence-corrected chi connectivity index (χ3v) is 5.09. The molecule has 0 unspecified atom stereocenters. The number of ether oxygens (including phenoxy) is 1. The van der Waals surface area contributed by atoms with Gasteiger partial charge in [-0.2, -0.15) is 0 Å². The Bertz CT molecular complexity index is 619. The van der Waals surface area contributed by atoms with Crippen LogP contribution in [0, 0.1) is 23.7 Å². The molecular weight excluding hydrogens is 266 g/mol. The van der Waals surface area contributed by atoms with Crippen LogP contribution < -0.4 is 9.64 Å². The minimum atomic E-state index is -0.175. The minimum absolute atomic E-state index is 0.0615. The molecule has 0 N–H and O–H groups in total. The first kappa shape index (κ1) is 12.6. The van der Waals surface area contributed by atoms with Crippen LogP contribution in [-0.4, -0.2) is 18.9 Å². The van der Waals surface area contributed by atoms with Crippen molar-refractivity contribution in [2.75, 3.05) is 12.0 Å². The van der Waals surface area contributed by atoms with E-state index in [9.17, 15) is 9.59 Å². The first-order chi connectivity index (χ1) is 10.2. The number of carbonyl (C=O) groups is 2. The van der Waals surface area contributed by atoms with Gasteiger partial charge in [0, 0.05) is 0 Å². The molecule has 4 atom stereocenters. The van der Waals surface area contributed by atoms with E-state index in [1.165, 1.54) is 4.90 Å². The maximum absolute atomic E-state index is 12.8. The van der Waals surface area contributed by atoms with Gasteiger partial charge in [-0.15, -0.1) is 0 Å². The van der Waals surface area contributed by atoms with E-state index >= 15 is 0 Å². The van der Waals surface area contributed by atoms with E-state index in [4.69, 9.17) is 4.74 Å². The lowest BCUT2D eigenvalue weighted by atomic mass is 9.63. The lowest BCUT2D eigenvalue weighted by molar-refractivity contribution is -0.124. The van der Waals surface area contributed by atoms with Crippen LogP contribution in [0.5, 0.6) is 5.75 Å². The van der Waals surface area contributed by atoms with E-state index < -0.39 is 0 Å². The van der Waals surface area contributed by atoms with Crippen molar-refractivity contribution in [2.45, 2.75) is 12.8 Å². The number of nitrogens with zero attached hydrogens (tertiary/aromatic N) is 1. The summed E-state index contributed by atoms with van der Waals surface area (Å²) in [5.74, 6) is 0.532. The standard InChI is InChI=1S/C17H17NO3/c1-21-13-5-3-2-4-12(13)18-16(19)14-10-6-7-11(9-8-10)15(14)17(18)20/h2-7,10-11,14-15H,8-9H2,1H3/t10-,11+,14-,15-/m0/s1. The molecule has 1 heterocycles. The van der Waals surface area contributed by atoms with Gasteiger partial charge in [0.25, 0.3) is 0 Å². The van der Waals surface area contributed by atoms with Crippen LogP contribution in [0.4, 0.5) is 5.69 Å². The average Bonchev–Trinajstić information content (AvgIpc) is 2.82. The number of anilines is 1. The summed E-state index contributed by atoms with van der Waals surface area (Å²) in [6.45, 7) is 0. The molecule has 4 heteroatoms. The summed E-state index contributed by atoms with van der Waals surface area (Å²) in [4.78, 5) is 27.0. The summed E-state index contributed by atoms with van der Waals surface area (Å²) in [6, 6.07) is 7.23. The highest BCUT2D eigenvalue weighted by molar-refractivity contribution is 6.23. The van der Waals surface area contributed by atoms with Gasteiger partial charge in [-0.05, 0) is 36.8 Å². The van der Waals surface area contributed by atoms with Crippen LogP contribution >= 0.6 is 0 Å². The fourth-order valence-electron chi connectivity index (χ4n) is 4.13. The zero-order chi connectivity index (χ0) is 14.6. The predicted molar refractivity (Wildman–Crippen MR) is 77.8 cm³/mol. The Morgan fingerprint density at radius 3 is 2.10 bits per heavy atom. The molecule has 1 aliphatic heterocycles. The zero-order valence-electron chi connectivity index (χ0n) is 11.9. The van der Waals surface area contributed by atoms with Crippen molar-refractivity contribution < 1.29 is 14.3 Å². The highest BCUT2D eigenvalue weighted by atomic mass is 16.5. The van der Waals surface area contributed by atoms with Crippen molar-refractivity contribution in [1.82, 2.24) is 0 Å². The summed E-state index contributed by atoms with van der Waals surface area (Å²) < 4.78 is 5.32. The summed E-state index contributed by atoms with van der Waals surface area (Å²) >= 11 is 0. The first-order valence-corrected chi connectivity index (χ1v) is 7.41. The lowest BCUT2D eigenvalue weighted by Gasteiger charge is -2.38. The molecular formula is C17H17NO3. The highest BCUT2D eigenvalue weighted by Gasteiger charge is 2.57. The third kappa shape index (κ3) is 1.62. The lowest BCUT2D eigenvalue weighted by Crippen LogP contribution is -2.38. The average molecular weight is 283 g/mol. The van der Waals surface area contributed by atoms with E-state index in [1.54, 1.807) is 19.2 Å². The second kappa shape index (κ2) is 4.45. The molecule has 1 saturated heterocycles. The van der Waals surface area contributed by atoms with Crippen LogP contribution in [0.25, 0.3) is 0 Å². The van der Waals surface area contributed by atoms with Crippen molar-refractivity contribution >= 4 is 17.5 Å². The number of rotatable bonds is 2. The molecule has 1 saturated carbocycles. The van der Waals surface area contributed by atoms with Crippen LogP contribution in [0.15, 0.2) is 36.4 Å². The van der Waals surface area contributed by atoms with Gasteiger partial charge in [-0.3, -0.25) is 9.59 Å². The van der Waals surface area contributed by atoms with Gasteiger partial charge >= 0.3 is 0 Å². The molecule has 2 bridgehead atoms. The van der Waals surface area contributed by atoms with Gasteiger partial charge in [-0.25, -0.2) is 4.90 Å². The smallest absolute Gasteiger partial charge is 0.238 e. The Kier molecular flexibility index (Phi) is 2.67. The zero-order valence-corrected chi connectivity index (χ0v) is 11.9. The first-order valence-electron chi connectivity index (χ1n) is 7.41. The van der Waals surface area contributed by atoms with E-state index in [0.717, 1.165) is 12.8 Å². The Balaban J connectivity index is 1.79. The molecule has 3 aliphatic carbocycles. The highest BCUT2D eigenvalue weighted by Crippen LogP contribution is 2.51. The quantitative estimate of drug-likeness (QED) is 0.618. The number of carbonyl (C=O) groups excluding carboxylic acids is 2. The van der Waals surface area contributed by atoms with Gasteiger partial charge in [0.15, 0.2) is 0 Å². The molecule has 2 fully saturated rings. The van der Waals surface area contributed by atoms with Crippen molar-refractivity contribution in [1.29, 1.82) is 0 Å². The maximum Gasteiger partial charge on any atom is 0.238 e. The van der Waals surface area contributed by atoms with Crippen molar-refractivity contribution in [3.63, 3.8) is 0 Å². The Morgan fingerprint density at radius 2 is 1.57 bits per heavy atom. The molecule has 1 aromatic carbocycles. The van der Waals surface area contributed by atoms with Crippen molar-refractivity contribution in [3.05, 3.63) is 36.4 Å². The molecule has 108 valence electrons. The normalized spacial score (nSPS) is 33.5. The summed E-state index contributed by atoms with van der Waals surface area (Å²) in [7, 11) is 1.56. The summed E-state index contributed by atoms with van der Waals surface area (Å²) in [6.07, 6.45) is 6.29. The number of hydrogen-bond donors (Lipinski definition) is 0. The van der Waals surface area contributed by atoms with E-state index in [1.807, 2.05) is 12.1 Å². The van der Waals surface area contributed by atoms with Gasteiger partial charge in [0.1, 0.15) is 5.75 Å². The van der Waals surface area contributed by atoms with Crippen LogP contribution in [0.1, 0.15) is 12.8 Å². The maximum atomic E-state index is 12.8. The molecule has 0 spiro atoms. The largest absolute Gasteiger partial charge is 0.495 e. The Hall–Kier alpha value is -2.10. The second-order valence-electron chi connectivity index (χ2n) is 6.03. The van der Waals surface area contributed by atoms with Gasteiger partial charge in [0.2, 0.25) is 11.8 Å². The number of hydrogen-bond acceptors (Lipinski definition) is 3. The van der Waals surface area contributed by atoms with E-state index in [2.05, 4.69) is 12.2 Å². The van der Waals surface area contributed by atoms with Crippen LogP contribution in [0.2, 0.25) is 0 Å². The van der Waals surface area contributed by atoms with Gasteiger partial charge < -0.3 is 4.74 Å². The number of benzene rings is 1. The van der Waals surface area contributed by atoms with Crippen molar-refractivity contribution in [2.24, 2.45) is 23.7 Å². The minimum Gasteiger partial charge on any atom is -0.495 e.